The van der Waals surface area contributed by atoms with Gasteiger partial charge in [0.05, 0.1) is 11.1 Å². The lowest BCUT2D eigenvalue weighted by Gasteiger charge is -2.23. The highest BCUT2D eigenvalue weighted by Crippen LogP contribution is 2.21. The van der Waals surface area contributed by atoms with Gasteiger partial charge in [0.2, 0.25) is 5.91 Å². The zero-order valence-electron chi connectivity index (χ0n) is 11.5. The van der Waals surface area contributed by atoms with Crippen molar-refractivity contribution in [3.8, 4) is 6.07 Å². The number of nitriles is 1. The molecule has 1 aromatic heterocycles. The number of nitrogens with one attached hydrogen (secondary N) is 2. The summed E-state index contributed by atoms with van der Waals surface area (Å²) in [5.41, 5.74) is 0.644. The second-order valence-corrected chi connectivity index (χ2v) is 4.86. The van der Waals surface area contributed by atoms with Gasteiger partial charge in [-0.3, -0.25) is 9.48 Å². The van der Waals surface area contributed by atoms with Crippen molar-refractivity contribution in [1.29, 1.82) is 5.26 Å². The fourth-order valence-corrected chi connectivity index (χ4v) is 1.72. The first-order valence-electron chi connectivity index (χ1n) is 5.73. The van der Waals surface area contributed by atoms with E-state index in [0.717, 1.165) is 0 Å². The predicted molar refractivity (Wildman–Crippen MR) is 69.0 cm³/mol. The molecule has 1 heterocycles. The van der Waals surface area contributed by atoms with Gasteiger partial charge in [0, 0.05) is 20.6 Å². The quantitative estimate of drug-likeness (QED) is 0.826. The summed E-state index contributed by atoms with van der Waals surface area (Å²) < 4.78 is 1.62. The standard InChI is InChI=1S/C12H19N5O/c1-8-9(6-13)10(17(5)16-8)15-7-12(2,3)11(18)14-4/h15H,7H2,1-5H3,(H,14,18). The van der Waals surface area contributed by atoms with Crippen molar-refractivity contribution in [2.45, 2.75) is 20.8 Å². The van der Waals surface area contributed by atoms with Gasteiger partial charge >= 0.3 is 0 Å². The Hall–Kier alpha value is -2.03. The minimum Gasteiger partial charge on any atom is -0.368 e. The second-order valence-electron chi connectivity index (χ2n) is 4.86. The Morgan fingerprint density at radius 3 is 2.67 bits per heavy atom. The molecule has 18 heavy (non-hydrogen) atoms. The Morgan fingerprint density at radius 2 is 2.17 bits per heavy atom. The topological polar surface area (TPSA) is 82.7 Å². The average molecular weight is 249 g/mol. The van der Waals surface area contributed by atoms with Gasteiger partial charge in [-0.2, -0.15) is 10.4 Å². The van der Waals surface area contributed by atoms with Crippen LogP contribution in [0.25, 0.3) is 0 Å². The molecule has 6 nitrogen and oxygen atoms in total. The van der Waals surface area contributed by atoms with E-state index in [9.17, 15) is 4.79 Å². The average Bonchev–Trinajstić information content (AvgIpc) is 2.59. The van der Waals surface area contributed by atoms with E-state index >= 15 is 0 Å². The predicted octanol–water partition coefficient (Wildman–Crippen LogP) is 0.784. The van der Waals surface area contributed by atoms with E-state index in [1.54, 1.807) is 25.7 Å². The summed E-state index contributed by atoms with van der Waals surface area (Å²) in [6, 6.07) is 2.12. The summed E-state index contributed by atoms with van der Waals surface area (Å²) >= 11 is 0. The van der Waals surface area contributed by atoms with E-state index in [1.807, 2.05) is 13.8 Å². The van der Waals surface area contributed by atoms with Crippen molar-refractivity contribution in [2.75, 3.05) is 18.9 Å². The second kappa shape index (κ2) is 5.08. The van der Waals surface area contributed by atoms with Gasteiger partial charge in [-0.25, -0.2) is 0 Å². The van der Waals surface area contributed by atoms with Crippen LogP contribution in [0.5, 0.6) is 0 Å². The van der Waals surface area contributed by atoms with E-state index < -0.39 is 5.41 Å². The zero-order valence-corrected chi connectivity index (χ0v) is 11.5. The van der Waals surface area contributed by atoms with Crippen LogP contribution < -0.4 is 10.6 Å². The molecule has 1 aromatic rings. The number of carbonyl (C=O) groups excluding carboxylic acids is 1. The number of anilines is 1. The maximum absolute atomic E-state index is 11.7. The van der Waals surface area contributed by atoms with Crippen LogP contribution in [0.15, 0.2) is 0 Å². The Bertz CT molecular complexity index is 495. The summed E-state index contributed by atoms with van der Waals surface area (Å²) in [5.74, 6) is 0.597. The number of rotatable bonds is 4. The number of carbonyl (C=O) groups is 1. The lowest BCUT2D eigenvalue weighted by molar-refractivity contribution is -0.128. The lowest BCUT2D eigenvalue weighted by atomic mass is 9.92. The normalized spacial score (nSPS) is 10.9. The number of hydrogen-bond donors (Lipinski definition) is 2. The third-order valence-corrected chi connectivity index (χ3v) is 2.87. The minimum atomic E-state index is -0.556. The fraction of sp³-hybridized carbons (Fsp3) is 0.583. The molecule has 0 fully saturated rings. The smallest absolute Gasteiger partial charge is 0.227 e. The largest absolute Gasteiger partial charge is 0.368 e. The minimum absolute atomic E-state index is 0.0487. The summed E-state index contributed by atoms with van der Waals surface area (Å²) in [7, 11) is 3.38. The molecule has 0 atom stereocenters. The van der Waals surface area contributed by atoms with Crippen LogP contribution in [-0.2, 0) is 11.8 Å². The van der Waals surface area contributed by atoms with Crippen molar-refractivity contribution < 1.29 is 4.79 Å². The number of hydrogen-bond acceptors (Lipinski definition) is 4. The Kier molecular flexibility index (Phi) is 3.96. The molecule has 0 aliphatic carbocycles. The van der Waals surface area contributed by atoms with Gasteiger partial charge in [0.1, 0.15) is 17.5 Å². The van der Waals surface area contributed by atoms with E-state index in [2.05, 4.69) is 21.8 Å². The molecule has 0 aromatic carbocycles. The SMILES string of the molecule is CNC(=O)C(C)(C)CNc1c(C#N)c(C)nn1C. The fourth-order valence-electron chi connectivity index (χ4n) is 1.72. The van der Waals surface area contributed by atoms with Crippen LogP contribution in [-0.4, -0.2) is 29.3 Å². The molecule has 0 radical (unpaired) electrons. The molecule has 6 heteroatoms. The van der Waals surface area contributed by atoms with Crippen LogP contribution >= 0.6 is 0 Å². The number of aryl methyl sites for hydroxylation is 2. The maximum Gasteiger partial charge on any atom is 0.227 e. The van der Waals surface area contributed by atoms with E-state index in [0.29, 0.717) is 23.6 Å². The molecule has 2 N–H and O–H groups in total. The van der Waals surface area contributed by atoms with Crippen LogP contribution in [0.3, 0.4) is 0 Å². The molecule has 0 aliphatic heterocycles. The lowest BCUT2D eigenvalue weighted by Crippen LogP contribution is -2.39. The molecule has 0 unspecified atom stereocenters. The molecule has 0 bridgehead atoms. The summed E-state index contributed by atoms with van der Waals surface area (Å²) in [6.07, 6.45) is 0. The molecule has 0 spiro atoms. The highest BCUT2D eigenvalue weighted by atomic mass is 16.2. The summed E-state index contributed by atoms with van der Waals surface area (Å²) in [5, 5.41) is 19.0. The maximum atomic E-state index is 11.7. The molecule has 1 amide bonds. The number of nitrogens with zero attached hydrogens (tertiary/aromatic N) is 3. The van der Waals surface area contributed by atoms with Gasteiger partial charge < -0.3 is 10.6 Å². The van der Waals surface area contributed by atoms with Gasteiger partial charge in [-0.05, 0) is 20.8 Å². The zero-order chi connectivity index (χ0) is 13.9. The third-order valence-electron chi connectivity index (χ3n) is 2.87. The van der Waals surface area contributed by atoms with Crippen molar-refractivity contribution in [1.82, 2.24) is 15.1 Å². The molecule has 0 aliphatic rings. The van der Waals surface area contributed by atoms with Crippen LogP contribution in [0.1, 0.15) is 25.1 Å². The summed E-state index contributed by atoms with van der Waals surface area (Å²) in [6.45, 7) is 5.90. The summed E-state index contributed by atoms with van der Waals surface area (Å²) in [4.78, 5) is 11.7. The van der Waals surface area contributed by atoms with Gasteiger partial charge in [0.25, 0.3) is 0 Å². The Labute approximate surface area is 107 Å². The van der Waals surface area contributed by atoms with E-state index in [1.165, 1.54) is 0 Å². The van der Waals surface area contributed by atoms with Crippen molar-refractivity contribution in [3.63, 3.8) is 0 Å². The van der Waals surface area contributed by atoms with E-state index in [-0.39, 0.29) is 5.91 Å². The van der Waals surface area contributed by atoms with Gasteiger partial charge in [-0.15, -0.1) is 0 Å². The number of aromatic nitrogens is 2. The first-order valence-corrected chi connectivity index (χ1v) is 5.73. The molecular weight excluding hydrogens is 230 g/mol. The molecule has 98 valence electrons. The first-order chi connectivity index (χ1) is 8.33. The first kappa shape index (κ1) is 14.0. The van der Waals surface area contributed by atoms with Crippen LogP contribution in [0.4, 0.5) is 5.82 Å². The van der Waals surface area contributed by atoms with Crippen molar-refractivity contribution in [3.05, 3.63) is 11.3 Å². The monoisotopic (exact) mass is 249 g/mol. The molecular formula is C12H19N5O. The third kappa shape index (κ3) is 2.62. The highest BCUT2D eigenvalue weighted by molar-refractivity contribution is 5.82. The van der Waals surface area contributed by atoms with Crippen molar-refractivity contribution >= 4 is 11.7 Å². The molecule has 0 saturated heterocycles. The Balaban J connectivity index is 2.88. The van der Waals surface area contributed by atoms with Gasteiger partial charge in [0.15, 0.2) is 0 Å². The molecule has 1 rings (SSSR count). The van der Waals surface area contributed by atoms with Gasteiger partial charge in [-0.1, -0.05) is 0 Å². The van der Waals surface area contributed by atoms with E-state index in [4.69, 9.17) is 5.26 Å². The molecule has 0 saturated carbocycles. The number of amides is 1. The Morgan fingerprint density at radius 1 is 1.56 bits per heavy atom. The highest BCUT2D eigenvalue weighted by Gasteiger charge is 2.27. The van der Waals surface area contributed by atoms with Crippen LogP contribution in [0, 0.1) is 23.7 Å². The van der Waals surface area contributed by atoms with Crippen molar-refractivity contribution in [2.24, 2.45) is 12.5 Å². The van der Waals surface area contributed by atoms with Crippen LogP contribution in [0.2, 0.25) is 0 Å².